The van der Waals surface area contributed by atoms with Crippen LogP contribution in [0.15, 0.2) is 59.5 Å². The van der Waals surface area contributed by atoms with Crippen LogP contribution in [0, 0.1) is 0 Å². The molecule has 1 saturated carbocycles. The van der Waals surface area contributed by atoms with Crippen molar-refractivity contribution >= 4 is 21.7 Å². The van der Waals surface area contributed by atoms with Crippen LogP contribution in [0.25, 0.3) is 0 Å². The van der Waals surface area contributed by atoms with Gasteiger partial charge in [0.05, 0.1) is 4.90 Å². The monoisotopic (exact) mass is 373 g/mol. The van der Waals surface area contributed by atoms with Crippen LogP contribution in [-0.4, -0.2) is 39.4 Å². The van der Waals surface area contributed by atoms with Gasteiger partial charge >= 0.3 is 6.03 Å². The minimum atomic E-state index is -3.54. The first-order valence-corrected chi connectivity index (χ1v) is 9.90. The highest BCUT2D eigenvalue weighted by Gasteiger charge is 2.44. The summed E-state index contributed by atoms with van der Waals surface area (Å²) >= 11 is 0. The Morgan fingerprint density at radius 2 is 1.77 bits per heavy atom. The SMILES string of the molecule is CN(C)S(=O)(=O)c1cccc(NC(=O)NCC2(c3ccccc3)CC2)c1. The van der Waals surface area contributed by atoms with E-state index in [-0.39, 0.29) is 16.3 Å². The maximum atomic E-state index is 12.2. The zero-order chi connectivity index (χ0) is 18.8. The Bertz CT molecular complexity index is 891. The molecule has 138 valence electrons. The second-order valence-corrected chi connectivity index (χ2v) is 8.92. The molecule has 7 heteroatoms. The van der Waals surface area contributed by atoms with E-state index in [4.69, 9.17) is 0 Å². The van der Waals surface area contributed by atoms with E-state index in [1.807, 2.05) is 18.2 Å². The summed E-state index contributed by atoms with van der Waals surface area (Å²) in [5.41, 5.74) is 1.70. The summed E-state index contributed by atoms with van der Waals surface area (Å²) in [6.45, 7) is 0.554. The highest BCUT2D eigenvalue weighted by Crippen LogP contribution is 2.47. The average Bonchev–Trinajstić information content (AvgIpc) is 3.42. The fourth-order valence-corrected chi connectivity index (χ4v) is 3.83. The molecule has 0 atom stereocenters. The molecular formula is C19H23N3O3S. The van der Waals surface area contributed by atoms with Crippen molar-refractivity contribution in [3.63, 3.8) is 0 Å². The lowest BCUT2D eigenvalue weighted by molar-refractivity contribution is 0.251. The lowest BCUT2D eigenvalue weighted by atomic mass is 9.96. The lowest BCUT2D eigenvalue weighted by Crippen LogP contribution is -2.35. The molecule has 0 saturated heterocycles. The molecular weight excluding hydrogens is 350 g/mol. The van der Waals surface area contributed by atoms with E-state index in [9.17, 15) is 13.2 Å². The number of amides is 2. The minimum Gasteiger partial charge on any atom is -0.337 e. The Morgan fingerprint density at radius 1 is 1.08 bits per heavy atom. The van der Waals surface area contributed by atoms with Crippen molar-refractivity contribution in [3.05, 3.63) is 60.2 Å². The van der Waals surface area contributed by atoms with Gasteiger partial charge in [0.25, 0.3) is 0 Å². The molecule has 2 aromatic carbocycles. The van der Waals surface area contributed by atoms with Gasteiger partial charge in [0.2, 0.25) is 10.0 Å². The molecule has 3 rings (SSSR count). The van der Waals surface area contributed by atoms with Crippen molar-refractivity contribution in [2.75, 3.05) is 26.0 Å². The van der Waals surface area contributed by atoms with Crippen LogP contribution in [0.1, 0.15) is 18.4 Å². The first kappa shape index (κ1) is 18.4. The number of benzene rings is 2. The van der Waals surface area contributed by atoms with E-state index < -0.39 is 10.0 Å². The first-order valence-electron chi connectivity index (χ1n) is 8.46. The van der Waals surface area contributed by atoms with Crippen molar-refractivity contribution in [2.45, 2.75) is 23.2 Å². The molecule has 0 aromatic heterocycles. The molecule has 6 nitrogen and oxygen atoms in total. The third-order valence-corrected chi connectivity index (χ3v) is 6.51. The van der Waals surface area contributed by atoms with E-state index in [1.54, 1.807) is 12.1 Å². The fourth-order valence-electron chi connectivity index (χ4n) is 2.88. The van der Waals surface area contributed by atoms with Gasteiger partial charge in [-0.2, -0.15) is 0 Å². The number of urea groups is 1. The zero-order valence-electron chi connectivity index (χ0n) is 14.9. The van der Waals surface area contributed by atoms with Crippen LogP contribution in [0.4, 0.5) is 10.5 Å². The predicted molar refractivity (Wildman–Crippen MR) is 102 cm³/mol. The molecule has 2 amide bonds. The topological polar surface area (TPSA) is 78.5 Å². The fraction of sp³-hybridized carbons (Fsp3) is 0.316. The summed E-state index contributed by atoms with van der Waals surface area (Å²) in [6.07, 6.45) is 2.10. The number of carbonyl (C=O) groups is 1. The number of carbonyl (C=O) groups excluding carboxylic acids is 1. The predicted octanol–water partition coefficient (Wildman–Crippen LogP) is 2.79. The van der Waals surface area contributed by atoms with Gasteiger partial charge in [-0.3, -0.25) is 0 Å². The molecule has 1 aliphatic carbocycles. The van der Waals surface area contributed by atoms with Gasteiger partial charge in [0.15, 0.2) is 0 Å². The van der Waals surface area contributed by atoms with Gasteiger partial charge in [0, 0.05) is 31.7 Å². The third-order valence-electron chi connectivity index (χ3n) is 4.70. The number of nitrogens with one attached hydrogen (secondary N) is 2. The number of hydrogen-bond donors (Lipinski definition) is 2. The second kappa shape index (κ2) is 7.09. The Hall–Kier alpha value is -2.38. The zero-order valence-corrected chi connectivity index (χ0v) is 15.7. The van der Waals surface area contributed by atoms with Crippen LogP contribution >= 0.6 is 0 Å². The molecule has 0 aliphatic heterocycles. The van der Waals surface area contributed by atoms with Gasteiger partial charge in [-0.1, -0.05) is 36.4 Å². The van der Waals surface area contributed by atoms with E-state index in [0.29, 0.717) is 12.2 Å². The van der Waals surface area contributed by atoms with Crippen LogP contribution in [0.2, 0.25) is 0 Å². The Morgan fingerprint density at radius 3 is 2.38 bits per heavy atom. The van der Waals surface area contributed by atoms with Crippen molar-refractivity contribution < 1.29 is 13.2 Å². The van der Waals surface area contributed by atoms with Crippen molar-refractivity contribution in [1.29, 1.82) is 0 Å². The summed E-state index contributed by atoms with van der Waals surface area (Å²) in [6, 6.07) is 16.1. The van der Waals surface area contributed by atoms with E-state index in [2.05, 4.69) is 22.8 Å². The van der Waals surface area contributed by atoms with Gasteiger partial charge in [-0.15, -0.1) is 0 Å². The van der Waals surface area contributed by atoms with Crippen molar-refractivity contribution in [3.8, 4) is 0 Å². The van der Waals surface area contributed by atoms with Crippen LogP contribution in [0.3, 0.4) is 0 Å². The maximum absolute atomic E-state index is 12.2. The number of anilines is 1. The molecule has 0 heterocycles. The molecule has 0 bridgehead atoms. The summed E-state index contributed by atoms with van der Waals surface area (Å²) in [4.78, 5) is 12.4. The average molecular weight is 373 g/mol. The second-order valence-electron chi connectivity index (χ2n) is 6.77. The van der Waals surface area contributed by atoms with E-state index in [0.717, 1.165) is 17.1 Å². The Labute approximate surface area is 154 Å². The number of sulfonamides is 1. The molecule has 0 unspecified atom stereocenters. The lowest BCUT2D eigenvalue weighted by Gasteiger charge is -2.17. The molecule has 0 radical (unpaired) electrons. The summed E-state index contributed by atoms with van der Waals surface area (Å²) in [5, 5.41) is 5.62. The summed E-state index contributed by atoms with van der Waals surface area (Å²) in [5.74, 6) is 0. The molecule has 0 spiro atoms. The van der Waals surface area contributed by atoms with Crippen LogP contribution < -0.4 is 10.6 Å². The molecule has 1 fully saturated rings. The number of hydrogen-bond acceptors (Lipinski definition) is 3. The molecule has 26 heavy (non-hydrogen) atoms. The van der Waals surface area contributed by atoms with Gasteiger partial charge in [-0.25, -0.2) is 17.5 Å². The highest BCUT2D eigenvalue weighted by atomic mass is 32.2. The highest BCUT2D eigenvalue weighted by molar-refractivity contribution is 7.89. The maximum Gasteiger partial charge on any atom is 0.319 e. The minimum absolute atomic E-state index is 0.0225. The third kappa shape index (κ3) is 3.89. The van der Waals surface area contributed by atoms with Gasteiger partial charge < -0.3 is 10.6 Å². The first-order chi connectivity index (χ1) is 12.3. The van der Waals surface area contributed by atoms with Crippen LogP contribution in [0.5, 0.6) is 0 Å². The standard InChI is InChI=1S/C19H23N3O3S/c1-22(2)26(24,25)17-10-6-9-16(13-17)21-18(23)20-14-19(11-12-19)15-7-4-3-5-8-15/h3-10,13H,11-12,14H2,1-2H3,(H2,20,21,23). The van der Waals surface area contributed by atoms with Gasteiger partial charge in [-0.05, 0) is 36.6 Å². The Kier molecular flexibility index (Phi) is 5.02. The van der Waals surface area contributed by atoms with Crippen molar-refractivity contribution in [1.82, 2.24) is 9.62 Å². The smallest absolute Gasteiger partial charge is 0.319 e. The quantitative estimate of drug-likeness (QED) is 0.817. The largest absolute Gasteiger partial charge is 0.337 e. The van der Waals surface area contributed by atoms with E-state index in [1.165, 1.54) is 31.8 Å². The number of nitrogens with zero attached hydrogens (tertiary/aromatic N) is 1. The van der Waals surface area contributed by atoms with Crippen molar-refractivity contribution in [2.24, 2.45) is 0 Å². The molecule has 1 aliphatic rings. The normalized spacial score (nSPS) is 15.5. The summed E-state index contributed by atoms with van der Waals surface area (Å²) < 4.78 is 25.5. The molecule has 2 aromatic rings. The summed E-state index contributed by atoms with van der Waals surface area (Å²) in [7, 11) is -0.589. The van der Waals surface area contributed by atoms with E-state index >= 15 is 0 Å². The Balaban J connectivity index is 1.63. The van der Waals surface area contributed by atoms with Gasteiger partial charge in [0.1, 0.15) is 0 Å². The number of rotatable bonds is 6. The van der Waals surface area contributed by atoms with Crippen LogP contribution in [-0.2, 0) is 15.4 Å². The molecule has 2 N–H and O–H groups in total.